The molecule has 1 aromatic heterocycles. The lowest BCUT2D eigenvalue weighted by molar-refractivity contribution is -0.141. The van der Waals surface area contributed by atoms with Gasteiger partial charge in [0.05, 0.1) is 0 Å². The van der Waals surface area contributed by atoms with Gasteiger partial charge < -0.3 is 15.5 Å². The molecule has 0 aliphatic rings. The molecule has 1 unspecified atom stereocenters. The quantitative estimate of drug-likeness (QED) is 0.811. The highest BCUT2D eigenvalue weighted by atomic mass is 19.4. The van der Waals surface area contributed by atoms with Crippen molar-refractivity contribution < 1.29 is 13.2 Å². The van der Waals surface area contributed by atoms with Crippen LogP contribution in [-0.4, -0.2) is 47.6 Å². The van der Waals surface area contributed by atoms with Gasteiger partial charge in [-0.25, -0.2) is 4.98 Å². The molecule has 0 radical (unpaired) electrons. The molecule has 0 aliphatic carbocycles. The van der Waals surface area contributed by atoms with Crippen LogP contribution in [0.4, 0.5) is 24.9 Å². The molecule has 8 heteroatoms. The smallest absolute Gasteiger partial charge is 0.366 e. The van der Waals surface area contributed by atoms with Crippen molar-refractivity contribution in [2.45, 2.75) is 33.0 Å². The molecule has 0 saturated heterocycles. The average Bonchev–Trinajstić information content (AvgIpc) is 2.43. The van der Waals surface area contributed by atoms with Crippen LogP contribution in [0, 0.1) is 0 Å². The van der Waals surface area contributed by atoms with Crippen molar-refractivity contribution in [2.24, 2.45) is 0 Å². The first-order valence-electron chi connectivity index (χ1n) is 6.93. The molecular weight excluding hydrogens is 283 g/mol. The largest absolute Gasteiger partial charge is 0.433 e. The lowest BCUT2D eigenvalue weighted by atomic mass is 10.3. The number of likely N-dealkylation sites (N-methyl/N-ethyl adjacent to an activating group) is 1. The molecular formula is C13H22F3N5. The third-order valence-electron chi connectivity index (χ3n) is 3.06. The molecule has 1 aromatic rings. The second-order valence-corrected chi connectivity index (χ2v) is 4.74. The first-order valence-corrected chi connectivity index (χ1v) is 6.93. The minimum absolute atomic E-state index is 0.0226. The average molecular weight is 305 g/mol. The summed E-state index contributed by atoms with van der Waals surface area (Å²) in [7, 11) is 1.48. The van der Waals surface area contributed by atoms with E-state index in [9.17, 15) is 13.2 Å². The molecule has 2 N–H and O–H groups in total. The predicted octanol–water partition coefficient (Wildman–Crippen LogP) is 2.68. The Labute approximate surface area is 123 Å². The summed E-state index contributed by atoms with van der Waals surface area (Å²) in [4.78, 5) is 9.62. The third-order valence-corrected chi connectivity index (χ3v) is 3.06. The summed E-state index contributed by atoms with van der Waals surface area (Å²) in [6.45, 7) is 8.51. The van der Waals surface area contributed by atoms with Gasteiger partial charge in [0.1, 0.15) is 5.82 Å². The van der Waals surface area contributed by atoms with Crippen LogP contribution in [0.5, 0.6) is 0 Å². The summed E-state index contributed by atoms with van der Waals surface area (Å²) in [5, 5.41) is 5.54. The number of hydrogen-bond donors (Lipinski definition) is 2. The van der Waals surface area contributed by atoms with E-state index in [2.05, 4.69) is 25.5 Å². The third kappa shape index (κ3) is 5.37. The van der Waals surface area contributed by atoms with Gasteiger partial charge in [-0.1, -0.05) is 13.8 Å². The van der Waals surface area contributed by atoms with Crippen LogP contribution in [0.3, 0.4) is 0 Å². The van der Waals surface area contributed by atoms with Gasteiger partial charge in [0.15, 0.2) is 5.69 Å². The van der Waals surface area contributed by atoms with Gasteiger partial charge in [0.2, 0.25) is 5.95 Å². The number of rotatable bonds is 7. The Bertz CT molecular complexity index is 446. The van der Waals surface area contributed by atoms with Crippen LogP contribution in [0.1, 0.15) is 26.5 Å². The highest BCUT2D eigenvalue weighted by Crippen LogP contribution is 2.29. The molecule has 5 nitrogen and oxygen atoms in total. The van der Waals surface area contributed by atoms with E-state index >= 15 is 0 Å². The van der Waals surface area contributed by atoms with Gasteiger partial charge in [0, 0.05) is 25.7 Å². The Morgan fingerprint density at radius 1 is 1.24 bits per heavy atom. The van der Waals surface area contributed by atoms with E-state index < -0.39 is 11.9 Å². The van der Waals surface area contributed by atoms with Crippen molar-refractivity contribution in [1.82, 2.24) is 14.9 Å². The number of nitrogens with zero attached hydrogens (tertiary/aromatic N) is 3. The van der Waals surface area contributed by atoms with Crippen LogP contribution < -0.4 is 10.6 Å². The monoisotopic (exact) mass is 305 g/mol. The minimum Gasteiger partial charge on any atom is -0.366 e. The Kier molecular flexibility index (Phi) is 6.19. The Morgan fingerprint density at radius 2 is 1.86 bits per heavy atom. The molecule has 1 heterocycles. The molecule has 0 bridgehead atoms. The maximum Gasteiger partial charge on any atom is 0.433 e. The first kappa shape index (κ1) is 17.5. The zero-order valence-corrected chi connectivity index (χ0v) is 12.8. The van der Waals surface area contributed by atoms with Gasteiger partial charge in [-0.15, -0.1) is 0 Å². The Morgan fingerprint density at radius 3 is 2.33 bits per heavy atom. The first-order chi connectivity index (χ1) is 9.79. The van der Waals surface area contributed by atoms with Gasteiger partial charge in [-0.05, 0) is 20.0 Å². The van der Waals surface area contributed by atoms with E-state index in [1.54, 1.807) is 0 Å². The minimum atomic E-state index is -4.49. The lowest BCUT2D eigenvalue weighted by Crippen LogP contribution is -2.35. The van der Waals surface area contributed by atoms with Crippen LogP contribution >= 0.6 is 0 Å². The summed E-state index contributed by atoms with van der Waals surface area (Å²) < 4.78 is 38.4. The summed E-state index contributed by atoms with van der Waals surface area (Å²) in [5.74, 6) is 0.115. The highest BCUT2D eigenvalue weighted by molar-refractivity contribution is 5.43. The van der Waals surface area contributed by atoms with E-state index in [0.29, 0.717) is 0 Å². The standard InChI is InChI=1S/C13H22F3N5/c1-5-21(6-2)8-9(3)18-11-7-10(13(14,15)16)19-12(17-4)20-11/h7,9H,5-6,8H2,1-4H3,(H2,17,18,19,20). The fraction of sp³-hybridized carbons (Fsp3) is 0.692. The normalized spacial score (nSPS) is 13.3. The fourth-order valence-corrected chi connectivity index (χ4v) is 1.95. The maximum absolute atomic E-state index is 12.8. The van der Waals surface area contributed by atoms with Crippen molar-refractivity contribution in [1.29, 1.82) is 0 Å². The zero-order valence-electron chi connectivity index (χ0n) is 12.8. The maximum atomic E-state index is 12.8. The van der Waals surface area contributed by atoms with Gasteiger partial charge in [-0.2, -0.15) is 18.2 Å². The molecule has 120 valence electrons. The lowest BCUT2D eigenvalue weighted by Gasteiger charge is -2.24. The topological polar surface area (TPSA) is 53.1 Å². The van der Waals surface area contributed by atoms with Gasteiger partial charge in [0.25, 0.3) is 0 Å². The molecule has 0 saturated carbocycles. The SMILES string of the molecule is CCN(CC)CC(C)Nc1cc(C(F)(F)F)nc(NC)n1. The number of anilines is 2. The van der Waals surface area contributed by atoms with Crippen molar-refractivity contribution >= 4 is 11.8 Å². The molecule has 0 fully saturated rings. The number of hydrogen-bond acceptors (Lipinski definition) is 5. The van der Waals surface area contributed by atoms with Gasteiger partial charge >= 0.3 is 6.18 Å². The molecule has 0 spiro atoms. The van der Waals surface area contributed by atoms with Crippen LogP contribution in [0.2, 0.25) is 0 Å². The summed E-state index contributed by atoms with van der Waals surface area (Å²) >= 11 is 0. The number of nitrogens with one attached hydrogen (secondary N) is 2. The van der Waals surface area contributed by atoms with Crippen LogP contribution in [-0.2, 0) is 6.18 Å². The molecule has 21 heavy (non-hydrogen) atoms. The summed E-state index contributed by atoms with van der Waals surface area (Å²) in [6, 6.07) is 0.908. The van der Waals surface area contributed by atoms with Crippen molar-refractivity contribution in [3.8, 4) is 0 Å². The fourth-order valence-electron chi connectivity index (χ4n) is 1.95. The Hall–Kier alpha value is -1.57. The second kappa shape index (κ2) is 7.44. The van der Waals surface area contributed by atoms with Crippen molar-refractivity contribution in [3.63, 3.8) is 0 Å². The number of aromatic nitrogens is 2. The molecule has 0 amide bonds. The highest BCUT2D eigenvalue weighted by Gasteiger charge is 2.33. The van der Waals surface area contributed by atoms with E-state index in [-0.39, 0.29) is 17.8 Å². The van der Waals surface area contributed by atoms with Crippen molar-refractivity contribution in [2.75, 3.05) is 37.3 Å². The molecule has 0 aromatic carbocycles. The van der Waals surface area contributed by atoms with E-state index in [0.717, 1.165) is 25.7 Å². The summed E-state index contributed by atoms with van der Waals surface area (Å²) in [6.07, 6.45) is -4.49. The van der Waals surface area contributed by atoms with Crippen LogP contribution in [0.25, 0.3) is 0 Å². The second-order valence-electron chi connectivity index (χ2n) is 4.74. The summed E-state index contributed by atoms with van der Waals surface area (Å²) in [5.41, 5.74) is -0.959. The molecule has 1 atom stereocenters. The molecule has 1 rings (SSSR count). The van der Waals surface area contributed by atoms with Crippen LogP contribution in [0.15, 0.2) is 6.07 Å². The van der Waals surface area contributed by atoms with E-state index in [4.69, 9.17) is 0 Å². The van der Waals surface area contributed by atoms with Crippen molar-refractivity contribution in [3.05, 3.63) is 11.8 Å². The molecule has 0 aliphatic heterocycles. The van der Waals surface area contributed by atoms with E-state index in [1.807, 2.05) is 20.8 Å². The van der Waals surface area contributed by atoms with Gasteiger partial charge in [-0.3, -0.25) is 0 Å². The number of alkyl halides is 3. The Balaban J connectivity index is 2.87. The predicted molar refractivity (Wildman–Crippen MR) is 77.5 cm³/mol. The zero-order chi connectivity index (χ0) is 16.0. The van der Waals surface area contributed by atoms with E-state index in [1.165, 1.54) is 7.05 Å². The number of halogens is 3.